The molecule has 2 aliphatic heterocycles. The van der Waals surface area contributed by atoms with Crippen molar-refractivity contribution in [1.82, 2.24) is 26.2 Å². The quantitative estimate of drug-likeness (QED) is 0.346. The fraction of sp³-hybridized carbons (Fsp3) is 0.630. The highest BCUT2D eigenvalue weighted by molar-refractivity contribution is 5.94. The van der Waals surface area contributed by atoms with Crippen LogP contribution in [-0.2, 0) is 30.3 Å². The Kier molecular flexibility index (Phi) is 10.6. The molecule has 1 aromatic rings. The number of nitrogens with one attached hydrogen (secondary N) is 4. The minimum Gasteiger partial charge on any atom is -0.388 e. The summed E-state index contributed by atoms with van der Waals surface area (Å²) in [5, 5.41) is 22.3. The van der Waals surface area contributed by atoms with Crippen LogP contribution in [0.2, 0.25) is 0 Å². The second kappa shape index (κ2) is 13.7. The molecule has 2 saturated heterocycles. The van der Waals surface area contributed by atoms with E-state index in [1.165, 1.54) is 11.9 Å². The Morgan fingerprint density at radius 2 is 1.74 bits per heavy atom. The van der Waals surface area contributed by atoms with Crippen LogP contribution in [0.4, 0.5) is 0 Å². The third-order valence-electron chi connectivity index (χ3n) is 7.08. The van der Waals surface area contributed by atoms with E-state index >= 15 is 0 Å². The van der Waals surface area contributed by atoms with Gasteiger partial charge in [0.05, 0.1) is 18.7 Å². The number of fused-ring (bicyclic) bond motifs is 2. The largest absolute Gasteiger partial charge is 0.388 e. The number of benzene rings is 1. The fourth-order valence-electron chi connectivity index (χ4n) is 4.73. The molecule has 0 saturated carbocycles. The van der Waals surface area contributed by atoms with Crippen molar-refractivity contribution in [3.8, 4) is 0 Å². The molecule has 6 atom stereocenters. The second-order valence-corrected chi connectivity index (χ2v) is 10.6. The minimum atomic E-state index is -1.01. The molecule has 2 aliphatic rings. The van der Waals surface area contributed by atoms with Gasteiger partial charge in [-0.3, -0.25) is 19.2 Å². The Bertz CT molecular complexity index is 974. The molecule has 4 amide bonds. The summed E-state index contributed by atoms with van der Waals surface area (Å²) in [6.45, 7) is 5.91. The lowest BCUT2D eigenvalue weighted by Gasteiger charge is -2.36. The highest BCUT2D eigenvalue weighted by Gasteiger charge is 2.37. The average molecular weight is 532 g/mol. The van der Waals surface area contributed by atoms with Crippen molar-refractivity contribution < 1.29 is 29.0 Å². The third kappa shape index (κ3) is 7.99. The summed E-state index contributed by atoms with van der Waals surface area (Å²) in [4.78, 5) is 54.0. The molecule has 11 heteroatoms. The van der Waals surface area contributed by atoms with E-state index in [4.69, 9.17) is 4.74 Å². The monoisotopic (exact) mass is 531 g/mol. The zero-order valence-corrected chi connectivity index (χ0v) is 22.6. The molecule has 0 unspecified atom stereocenters. The predicted octanol–water partition coefficient (Wildman–Crippen LogP) is -0.670. The van der Waals surface area contributed by atoms with Crippen LogP contribution in [-0.4, -0.2) is 96.8 Å². The lowest BCUT2D eigenvalue weighted by molar-refractivity contribution is -0.142. The lowest BCUT2D eigenvalue weighted by Crippen LogP contribution is -2.60. The maximum atomic E-state index is 13.4. The Labute approximate surface area is 224 Å². The maximum Gasteiger partial charge on any atom is 0.245 e. The molecule has 0 aromatic heterocycles. The van der Waals surface area contributed by atoms with E-state index in [9.17, 15) is 24.3 Å². The highest BCUT2D eigenvalue weighted by atomic mass is 16.5. The standard InChI is InChI=1S/C27H41N5O6/c1-16(2)12-21-27(37)32(4)17(3)25(35)31-20(13-18-8-6-5-7-9-18)26(36)30-19-10-11-38-22(24(19)34)14-28-15-23(33)29-21/h5-9,16-17,19-22,24,28,34H,10-15H2,1-4H3,(H,29,33)(H,30,36)(H,31,35)/t17-,19-,20-,21+,22+,24-/m0/s1. The van der Waals surface area contributed by atoms with Gasteiger partial charge in [-0.05, 0) is 31.2 Å². The van der Waals surface area contributed by atoms with Crippen LogP contribution in [0, 0.1) is 5.92 Å². The van der Waals surface area contributed by atoms with Crippen LogP contribution >= 0.6 is 0 Å². The van der Waals surface area contributed by atoms with Crippen LogP contribution in [0.3, 0.4) is 0 Å². The smallest absolute Gasteiger partial charge is 0.245 e. The first-order chi connectivity index (χ1) is 18.1. The summed E-state index contributed by atoms with van der Waals surface area (Å²) in [6.07, 6.45) is -0.611. The Morgan fingerprint density at radius 1 is 1.03 bits per heavy atom. The number of carbonyl (C=O) groups excluding carboxylic acids is 4. The van der Waals surface area contributed by atoms with Crippen LogP contribution < -0.4 is 21.3 Å². The van der Waals surface area contributed by atoms with E-state index in [0.717, 1.165) is 5.56 Å². The van der Waals surface area contributed by atoms with E-state index in [1.54, 1.807) is 6.92 Å². The van der Waals surface area contributed by atoms with Crippen molar-refractivity contribution in [2.45, 2.75) is 76.4 Å². The molecule has 0 aliphatic carbocycles. The molecule has 2 bridgehead atoms. The van der Waals surface area contributed by atoms with Gasteiger partial charge in [-0.1, -0.05) is 44.2 Å². The minimum absolute atomic E-state index is 0.0790. The van der Waals surface area contributed by atoms with Gasteiger partial charge in [-0.25, -0.2) is 0 Å². The third-order valence-corrected chi connectivity index (χ3v) is 7.08. The van der Waals surface area contributed by atoms with Gasteiger partial charge in [0.2, 0.25) is 23.6 Å². The number of amides is 4. The van der Waals surface area contributed by atoms with Crippen molar-refractivity contribution in [1.29, 1.82) is 0 Å². The molecular weight excluding hydrogens is 490 g/mol. The number of rotatable bonds is 4. The molecular formula is C27H41N5O6. The van der Waals surface area contributed by atoms with Gasteiger partial charge in [0.25, 0.3) is 0 Å². The SMILES string of the molecule is CC(C)C[C@H]1NC(=O)CNC[C@H]2OCC[C@H](NC(=O)[C@H](Cc3ccccc3)NC(=O)[C@H](C)N(C)C1=O)[C@@H]2O. The van der Waals surface area contributed by atoms with E-state index in [2.05, 4.69) is 21.3 Å². The summed E-state index contributed by atoms with van der Waals surface area (Å²) >= 11 is 0. The normalized spacial score (nSPS) is 30.3. The van der Waals surface area contributed by atoms with Gasteiger partial charge in [0.15, 0.2) is 0 Å². The number of likely N-dealkylation sites (N-methyl/N-ethyl adjacent to an activating group) is 1. The average Bonchev–Trinajstić information content (AvgIpc) is 2.88. The first kappa shape index (κ1) is 29.5. The van der Waals surface area contributed by atoms with E-state index < -0.39 is 54.1 Å². The Hall–Kier alpha value is -3.02. The Morgan fingerprint density at radius 3 is 2.42 bits per heavy atom. The molecule has 2 fully saturated rings. The van der Waals surface area contributed by atoms with Crippen LogP contribution in [0.15, 0.2) is 30.3 Å². The number of carbonyl (C=O) groups is 4. The molecule has 3 rings (SSSR count). The molecule has 210 valence electrons. The van der Waals surface area contributed by atoms with Crippen LogP contribution in [0.5, 0.6) is 0 Å². The van der Waals surface area contributed by atoms with Gasteiger partial charge >= 0.3 is 0 Å². The first-order valence-corrected chi connectivity index (χ1v) is 13.3. The predicted molar refractivity (Wildman–Crippen MR) is 141 cm³/mol. The van der Waals surface area contributed by atoms with E-state index in [-0.39, 0.29) is 31.3 Å². The number of ether oxygens (including phenoxy) is 1. The Balaban J connectivity index is 1.89. The molecule has 2 heterocycles. The number of hydrogen-bond donors (Lipinski definition) is 5. The van der Waals surface area contributed by atoms with Gasteiger partial charge in [0.1, 0.15) is 24.2 Å². The van der Waals surface area contributed by atoms with E-state index in [0.29, 0.717) is 19.4 Å². The summed E-state index contributed by atoms with van der Waals surface area (Å²) in [5.41, 5.74) is 0.852. The second-order valence-electron chi connectivity index (χ2n) is 10.6. The number of aliphatic hydroxyl groups is 1. The van der Waals surface area contributed by atoms with Crippen molar-refractivity contribution in [3.05, 3.63) is 35.9 Å². The zero-order valence-electron chi connectivity index (χ0n) is 22.6. The number of hydrogen-bond acceptors (Lipinski definition) is 7. The molecule has 0 radical (unpaired) electrons. The van der Waals surface area contributed by atoms with Crippen molar-refractivity contribution >= 4 is 23.6 Å². The first-order valence-electron chi connectivity index (χ1n) is 13.3. The number of nitrogens with zero attached hydrogens (tertiary/aromatic N) is 1. The summed E-state index contributed by atoms with van der Waals surface area (Å²) in [7, 11) is 1.52. The molecule has 5 N–H and O–H groups in total. The summed E-state index contributed by atoms with van der Waals surface area (Å²) in [6, 6.07) is 6.08. The van der Waals surface area contributed by atoms with Crippen molar-refractivity contribution in [2.24, 2.45) is 5.92 Å². The van der Waals surface area contributed by atoms with Gasteiger partial charge in [-0.15, -0.1) is 0 Å². The summed E-state index contributed by atoms with van der Waals surface area (Å²) in [5.74, 6) is -1.58. The fourth-order valence-corrected chi connectivity index (χ4v) is 4.73. The lowest BCUT2D eigenvalue weighted by atomic mass is 9.98. The highest BCUT2D eigenvalue weighted by Crippen LogP contribution is 2.16. The molecule has 0 spiro atoms. The zero-order chi connectivity index (χ0) is 27.8. The van der Waals surface area contributed by atoms with Crippen molar-refractivity contribution in [2.75, 3.05) is 26.7 Å². The molecule has 38 heavy (non-hydrogen) atoms. The number of aliphatic hydroxyl groups excluding tert-OH is 1. The molecule has 1 aromatic carbocycles. The maximum absolute atomic E-state index is 13.4. The van der Waals surface area contributed by atoms with Gasteiger partial charge < -0.3 is 36.0 Å². The van der Waals surface area contributed by atoms with Gasteiger partial charge in [-0.2, -0.15) is 0 Å². The van der Waals surface area contributed by atoms with Crippen LogP contribution in [0.1, 0.15) is 39.2 Å². The van der Waals surface area contributed by atoms with E-state index in [1.807, 2.05) is 44.2 Å². The molecule has 11 nitrogen and oxygen atoms in total. The van der Waals surface area contributed by atoms with Crippen molar-refractivity contribution in [3.63, 3.8) is 0 Å². The van der Waals surface area contributed by atoms with Gasteiger partial charge in [0, 0.05) is 26.6 Å². The van der Waals surface area contributed by atoms with Crippen LogP contribution in [0.25, 0.3) is 0 Å². The topological polar surface area (TPSA) is 149 Å². The summed E-state index contributed by atoms with van der Waals surface area (Å²) < 4.78 is 5.69.